The van der Waals surface area contributed by atoms with Crippen molar-refractivity contribution < 1.29 is 14.8 Å². The van der Waals surface area contributed by atoms with E-state index in [4.69, 9.17) is 4.74 Å². The van der Waals surface area contributed by atoms with Crippen LogP contribution in [0, 0.1) is 10.1 Å². The van der Waals surface area contributed by atoms with Crippen molar-refractivity contribution in [3.63, 3.8) is 0 Å². The van der Waals surface area contributed by atoms with Gasteiger partial charge in [-0.15, -0.1) is 0 Å². The predicted molar refractivity (Wildman–Crippen MR) is 71.9 cm³/mol. The van der Waals surface area contributed by atoms with Gasteiger partial charge in [-0.05, 0) is 30.3 Å². The van der Waals surface area contributed by atoms with Crippen molar-refractivity contribution >= 4 is 17.4 Å². The number of benzene rings is 2. The summed E-state index contributed by atoms with van der Waals surface area (Å²) in [4.78, 5) is 11.9. The molecule has 0 aliphatic carbocycles. The second-order valence-corrected chi connectivity index (χ2v) is 4.83. The summed E-state index contributed by atoms with van der Waals surface area (Å²) in [5.74, 6) is 0.475. The summed E-state index contributed by atoms with van der Waals surface area (Å²) in [7, 11) is 1.48. The number of hydrogen-bond acceptors (Lipinski definition) is 5. The number of phenols is 1. The van der Waals surface area contributed by atoms with Crippen molar-refractivity contribution in [1.29, 1.82) is 0 Å². The third-order valence-corrected chi connectivity index (χ3v) is 3.43. The number of hydrogen-bond donors (Lipinski definition) is 1. The van der Waals surface area contributed by atoms with Gasteiger partial charge in [0.1, 0.15) is 0 Å². The Labute approximate surface area is 114 Å². The Kier molecular flexibility index (Phi) is 3.91. The molecule has 0 aromatic heterocycles. The molecule has 1 N–H and O–H groups in total. The Hall–Kier alpha value is -2.21. The maximum Gasteiger partial charge on any atom is 0.269 e. The molecule has 0 spiro atoms. The second-order valence-electron chi connectivity index (χ2n) is 3.69. The van der Waals surface area contributed by atoms with Crippen LogP contribution < -0.4 is 4.74 Å². The molecule has 0 unspecified atom stereocenters. The minimum absolute atomic E-state index is 0.0626. The van der Waals surface area contributed by atoms with Gasteiger partial charge in [-0.1, -0.05) is 11.8 Å². The van der Waals surface area contributed by atoms with Crippen LogP contribution in [-0.2, 0) is 0 Å². The Morgan fingerprint density at radius 1 is 1.16 bits per heavy atom. The number of rotatable bonds is 4. The van der Waals surface area contributed by atoms with Crippen molar-refractivity contribution in [2.75, 3.05) is 7.11 Å². The largest absolute Gasteiger partial charge is 0.504 e. The lowest BCUT2D eigenvalue weighted by Gasteiger charge is -2.06. The van der Waals surface area contributed by atoms with Crippen molar-refractivity contribution in [1.82, 2.24) is 0 Å². The summed E-state index contributed by atoms with van der Waals surface area (Å²) in [6, 6.07) is 11.3. The molecule has 5 nitrogen and oxygen atoms in total. The maximum atomic E-state index is 10.5. The van der Waals surface area contributed by atoms with Crippen molar-refractivity contribution in [2.45, 2.75) is 9.79 Å². The topological polar surface area (TPSA) is 72.6 Å². The third-order valence-electron chi connectivity index (χ3n) is 2.43. The van der Waals surface area contributed by atoms with Crippen LogP contribution >= 0.6 is 11.8 Å². The zero-order valence-corrected chi connectivity index (χ0v) is 10.9. The number of ether oxygens (including phenoxy) is 1. The number of aromatic hydroxyl groups is 1. The van der Waals surface area contributed by atoms with Crippen LogP contribution in [0.15, 0.2) is 52.3 Å². The van der Waals surface area contributed by atoms with E-state index in [1.165, 1.54) is 31.0 Å². The molecule has 0 saturated heterocycles. The lowest BCUT2D eigenvalue weighted by molar-refractivity contribution is -0.384. The van der Waals surface area contributed by atoms with Gasteiger partial charge in [-0.25, -0.2) is 0 Å². The number of methoxy groups -OCH3 is 1. The molecule has 0 amide bonds. The van der Waals surface area contributed by atoms with Crippen LogP contribution in [0.3, 0.4) is 0 Å². The van der Waals surface area contributed by atoms with E-state index in [0.29, 0.717) is 5.75 Å². The van der Waals surface area contributed by atoms with E-state index in [0.717, 1.165) is 9.79 Å². The van der Waals surface area contributed by atoms with Crippen molar-refractivity contribution in [3.05, 3.63) is 52.6 Å². The van der Waals surface area contributed by atoms with Gasteiger partial charge in [-0.3, -0.25) is 10.1 Å². The summed E-state index contributed by atoms with van der Waals surface area (Å²) >= 11 is 1.43. The first-order valence-corrected chi connectivity index (χ1v) is 6.21. The average Bonchev–Trinajstić information content (AvgIpc) is 2.41. The lowest BCUT2D eigenvalue weighted by Crippen LogP contribution is -1.87. The molecule has 6 heteroatoms. The van der Waals surface area contributed by atoms with E-state index in [-0.39, 0.29) is 11.4 Å². The van der Waals surface area contributed by atoms with E-state index in [1.54, 1.807) is 30.3 Å². The molecule has 2 aromatic carbocycles. The van der Waals surface area contributed by atoms with Crippen molar-refractivity contribution in [2.24, 2.45) is 0 Å². The lowest BCUT2D eigenvalue weighted by atomic mass is 10.3. The quantitative estimate of drug-likeness (QED) is 0.684. The van der Waals surface area contributed by atoms with E-state index in [9.17, 15) is 15.2 Å². The molecule has 0 heterocycles. The van der Waals surface area contributed by atoms with Gasteiger partial charge in [0.2, 0.25) is 0 Å². The van der Waals surface area contributed by atoms with Gasteiger partial charge < -0.3 is 9.84 Å². The van der Waals surface area contributed by atoms with E-state index in [2.05, 4.69) is 0 Å². The van der Waals surface area contributed by atoms with Crippen LogP contribution in [-0.4, -0.2) is 17.1 Å². The molecule has 19 heavy (non-hydrogen) atoms. The van der Waals surface area contributed by atoms with E-state index < -0.39 is 4.92 Å². The minimum Gasteiger partial charge on any atom is -0.504 e. The second kappa shape index (κ2) is 5.62. The minimum atomic E-state index is -0.433. The standard InChI is InChI=1S/C13H11NO4S/c1-18-13-8-11(6-7-12(13)15)19-10-4-2-9(3-5-10)14(16)17/h2-8,15H,1H3. The molecule has 2 aromatic rings. The van der Waals surface area contributed by atoms with E-state index in [1.807, 2.05) is 0 Å². The average molecular weight is 277 g/mol. The maximum absolute atomic E-state index is 10.5. The molecule has 0 aliphatic rings. The summed E-state index contributed by atoms with van der Waals surface area (Å²) in [5.41, 5.74) is 0.0626. The Bertz CT molecular complexity index is 598. The third kappa shape index (κ3) is 3.17. The van der Waals surface area contributed by atoms with Gasteiger partial charge in [0.25, 0.3) is 5.69 Å². The fraction of sp³-hybridized carbons (Fsp3) is 0.0769. The molecular formula is C13H11NO4S. The summed E-state index contributed by atoms with van der Waals surface area (Å²) in [5, 5.41) is 20.0. The highest BCUT2D eigenvalue weighted by Gasteiger charge is 2.07. The summed E-state index contributed by atoms with van der Waals surface area (Å²) in [6.07, 6.45) is 0. The zero-order valence-electron chi connectivity index (χ0n) is 10.1. The molecule has 98 valence electrons. The molecular weight excluding hydrogens is 266 g/mol. The van der Waals surface area contributed by atoms with Crippen LogP contribution in [0.1, 0.15) is 0 Å². The SMILES string of the molecule is COc1cc(Sc2ccc([N+](=O)[O-])cc2)ccc1O. The highest BCUT2D eigenvalue weighted by molar-refractivity contribution is 7.99. The van der Waals surface area contributed by atoms with E-state index >= 15 is 0 Å². The van der Waals surface area contributed by atoms with Crippen LogP contribution in [0.5, 0.6) is 11.5 Å². The number of non-ortho nitro benzene ring substituents is 1. The molecule has 0 fully saturated rings. The molecule has 0 atom stereocenters. The van der Waals surface area contributed by atoms with Crippen LogP contribution in [0.4, 0.5) is 5.69 Å². The van der Waals surface area contributed by atoms with Gasteiger partial charge in [0, 0.05) is 21.9 Å². The van der Waals surface area contributed by atoms with Crippen molar-refractivity contribution in [3.8, 4) is 11.5 Å². The number of nitro groups is 1. The highest BCUT2D eigenvalue weighted by atomic mass is 32.2. The van der Waals surface area contributed by atoms with Gasteiger partial charge in [-0.2, -0.15) is 0 Å². The molecule has 0 aliphatic heterocycles. The number of nitro benzene ring substituents is 1. The molecule has 0 radical (unpaired) electrons. The van der Waals surface area contributed by atoms with Crippen LogP contribution in [0.2, 0.25) is 0 Å². The molecule has 2 rings (SSSR count). The Balaban J connectivity index is 2.19. The first kappa shape index (κ1) is 13.2. The van der Waals surface area contributed by atoms with Gasteiger partial charge >= 0.3 is 0 Å². The highest BCUT2D eigenvalue weighted by Crippen LogP contribution is 2.35. The fourth-order valence-corrected chi connectivity index (χ4v) is 2.34. The number of nitrogens with zero attached hydrogens (tertiary/aromatic N) is 1. The number of phenolic OH excluding ortho intramolecular Hbond substituents is 1. The first-order chi connectivity index (χ1) is 9.10. The molecule has 0 saturated carbocycles. The van der Waals surface area contributed by atoms with Gasteiger partial charge in [0.15, 0.2) is 11.5 Å². The monoisotopic (exact) mass is 277 g/mol. The Morgan fingerprint density at radius 3 is 2.37 bits per heavy atom. The predicted octanol–water partition coefficient (Wildman–Crippen LogP) is 3.46. The first-order valence-electron chi connectivity index (χ1n) is 5.39. The zero-order chi connectivity index (χ0) is 13.8. The smallest absolute Gasteiger partial charge is 0.269 e. The summed E-state index contributed by atoms with van der Waals surface area (Å²) < 4.78 is 5.02. The normalized spacial score (nSPS) is 10.2. The fourth-order valence-electron chi connectivity index (χ4n) is 1.49. The Morgan fingerprint density at radius 2 is 1.79 bits per heavy atom. The molecule has 0 bridgehead atoms. The van der Waals surface area contributed by atoms with Crippen LogP contribution in [0.25, 0.3) is 0 Å². The summed E-state index contributed by atoms with van der Waals surface area (Å²) in [6.45, 7) is 0. The van der Waals surface area contributed by atoms with Gasteiger partial charge in [0.05, 0.1) is 12.0 Å².